The molecule has 0 aliphatic heterocycles. The zero-order valence-corrected chi connectivity index (χ0v) is 9.95. The minimum Gasteiger partial charge on any atom is -0.377 e. The Kier molecular flexibility index (Phi) is 3.12. The van der Waals surface area contributed by atoms with Crippen LogP contribution in [-0.4, -0.2) is 21.9 Å². The molecule has 0 unspecified atom stereocenters. The van der Waals surface area contributed by atoms with Gasteiger partial charge in [0.05, 0.1) is 3.55 Å². The average Bonchev–Trinajstić information content (AvgIpc) is 2.31. The topological polar surface area (TPSA) is 59.9 Å². The molecule has 6 heteroatoms. The van der Waals surface area contributed by atoms with Gasteiger partial charge in [0.2, 0.25) is 0 Å². The maximum Gasteiger partial charge on any atom is 0.344 e. The van der Waals surface area contributed by atoms with Crippen LogP contribution >= 0.6 is 22.6 Å². The highest BCUT2D eigenvalue weighted by Crippen LogP contribution is 2.22. The largest absolute Gasteiger partial charge is 0.377 e. The normalized spacial score (nSPS) is 12.0. The van der Waals surface area contributed by atoms with Gasteiger partial charge in [0.1, 0.15) is 6.61 Å². The van der Waals surface area contributed by atoms with Gasteiger partial charge in [0.15, 0.2) is 5.82 Å². The van der Waals surface area contributed by atoms with E-state index in [0.717, 1.165) is 0 Å². The van der Waals surface area contributed by atoms with Gasteiger partial charge >= 0.3 is 5.69 Å². The van der Waals surface area contributed by atoms with E-state index in [4.69, 9.17) is 4.74 Å². The highest BCUT2D eigenvalue weighted by molar-refractivity contribution is 14.1. The Morgan fingerprint density at radius 3 is 2.77 bits per heavy atom. The minimum absolute atomic E-state index is 0.202. The van der Waals surface area contributed by atoms with Gasteiger partial charge in [-0.05, 0) is 13.8 Å². The molecule has 0 radical (unpaired) electrons. The Morgan fingerprint density at radius 2 is 2.31 bits per heavy atom. The number of H-pyrrole nitrogens is 1. The zero-order valence-electron chi connectivity index (χ0n) is 7.80. The van der Waals surface area contributed by atoms with E-state index >= 15 is 0 Å². The van der Waals surface area contributed by atoms with Crippen molar-refractivity contribution >= 4 is 22.6 Å². The molecule has 0 aromatic carbocycles. The van der Waals surface area contributed by atoms with Crippen molar-refractivity contribution in [1.29, 1.82) is 0 Å². The summed E-state index contributed by atoms with van der Waals surface area (Å²) >= 11 is 2.18. The van der Waals surface area contributed by atoms with Crippen molar-refractivity contribution in [2.75, 3.05) is 7.11 Å². The van der Waals surface area contributed by atoms with Gasteiger partial charge in [-0.1, -0.05) is 22.6 Å². The number of alkyl halides is 1. The molecule has 0 aliphatic rings. The molecule has 13 heavy (non-hydrogen) atoms. The molecule has 74 valence electrons. The number of hydrogen-bond donors (Lipinski definition) is 1. The van der Waals surface area contributed by atoms with E-state index < -0.39 is 0 Å². The van der Waals surface area contributed by atoms with Gasteiger partial charge in [0.25, 0.3) is 0 Å². The number of ether oxygens (including phenoxy) is 1. The predicted molar refractivity (Wildman–Crippen MR) is 56.9 cm³/mol. The monoisotopic (exact) mass is 297 g/mol. The summed E-state index contributed by atoms with van der Waals surface area (Å²) in [6, 6.07) is 0. The molecule has 0 saturated carbocycles. The second kappa shape index (κ2) is 3.79. The number of rotatable bonds is 3. The van der Waals surface area contributed by atoms with Gasteiger partial charge in [-0.25, -0.2) is 9.89 Å². The molecular weight excluding hydrogens is 285 g/mol. The summed E-state index contributed by atoms with van der Waals surface area (Å²) in [5.74, 6) is 0.618. The van der Waals surface area contributed by atoms with Gasteiger partial charge in [-0.15, -0.1) is 0 Å². The molecule has 0 fully saturated rings. The first-order valence-electron chi connectivity index (χ1n) is 3.81. The third-order valence-corrected chi connectivity index (χ3v) is 2.03. The Bertz CT molecular complexity index is 336. The van der Waals surface area contributed by atoms with Crippen LogP contribution < -0.4 is 5.69 Å². The predicted octanol–water partition coefficient (Wildman–Crippen LogP) is 0.845. The van der Waals surface area contributed by atoms with Crippen LogP contribution in [0, 0.1) is 0 Å². The van der Waals surface area contributed by atoms with Crippen LogP contribution in [0.25, 0.3) is 0 Å². The van der Waals surface area contributed by atoms with E-state index in [0.29, 0.717) is 12.4 Å². The molecule has 1 rings (SSSR count). The third-order valence-electron chi connectivity index (χ3n) is 1.55. The van der Waals surface area contributed by atoms with E-state index in [-0.39, 0.29) is 9.24 Å². The van der Waals surface area contributed by atoms with Crippen molar-refractivity contribution in [1.82, 2.24) is 14.8 Å². The first kappa shape index (κ1) is 10.7. The first-order chi connectivity index (χ1) is 5.96. The lowest BCUT2D eigenvalue weighted by Crippen LogP contribution is -2.31. The standard InChI is InChI=1S/C7H12IN3O2/c1-7(2,8)11-5(4-13-3)9-10-6(11)12/h4H2,1-3H3,(H,10,12). The fourth-order valence-corrected chi connectivity index (χ4v) is 1.60. The lowest BCUT2D eigenvalue weighted by molar-refractivity contribution is 0.172. The van der Waals surface area contributed by atoms with Gasteiger partial charge in [-0.2, -0.15) is 5.10 Å². The van der Waals surface area contributed by atoms with E-state index in [1.807, 2.05) is 13.8 Å². The zero-order chi connectivity index (χ0) is 10.1. The van der Waals surface area contributed by atoms with Crippen molar-refractivity contribution in [2.24, 2.45) is 0 Å². The summed E-state index contributed by atoms with van der Waals surface area (Å²) < 4.78 is 6.22. The van der Waals surface area contributed by atoms with E-state index in [1.165, 1.54) is 0 Å². The van der Waals surface area contributed by atoms with Crippen LogP contribution in [0.5, 0.6) is 0 Å². The molecule has 1 aromatic rings. The first-order valence-corrected chi connectivity index (χ1v) is 4.89. The quantitative estimate of drug-likeness (QED) is 0.664. The van der Waals surface area contributed by atoms with Crippen LogP contribution in [-0.2, 0) is 14.9 Å². The Hall–Kier alpha value is -0.370. The Balaban J connectivity index is 3.17. The average molecular weight is 297 g/mol. The molecular formula is C7H12IN3O2. The summed E-state index contributed by atoms with van der Waals surface area (Å²) in [6.07, 6.45) is 0. The maximum absolute atomic E-state index is 11.3. The number of nitrogens with zero attached hydrogens (tertiary/aromatic N) is 2. The van der Waals surface area contributed by atoms with Crippen LogP contribution in [0.4, 0.5) is 0 Å². The van der Waals surface area contributed by atoms with Crippen molar-refractivity contribution in [3.05, 3.63) is 16.3 Å². The minimum atomic E-state index is -0.296. The molecule has 0 spiro atoms. The highest BCUT2D eigenvalue weighted by Gasteiger charge is 2.22. The smallest absolute Gasteiger partial charge is 0.344 e. The number of methoxy groups -OCH3 is 1. The van der Waals surface area contributed by atoms with Crippen LogP contribution in [0.15, 0.2) is 4.79 Å². The Labute approximate surface area is 89.6 Å². The molecule has 0 bridgehead atoms. The van der Waals surface area contributed by atoms with Gasteiger partial charge < -0.3 is 4.74 Å². The summed E-state index contributed by atoms with van der Waals surface area (Å²) in [5.41, 5.74) is -0.202. The molecule has 0 aliphatic carbocycles. The van der Waals surface area contributed by atoms with Gasteiger partial charge in [-0.3, -0.25) is 4.57 Å². The van der Waals surface area contributed by atoms with E-state index in [1.54, 1.807) is 11.7 Å². The van der Waals surface area contributed by atoms with E-state index in [9.17, 15) is 4.79 Å². The fourth-order valence-electron chi connectivity index (χ4n) is 1.10. The molecule has 0 atom stereocenters. The fraction of sp³-hybridized carbons (Fsp3) is 0.714. The Morgan fingerprint density at radius 1 is 1.69 bits per heavy atom. The number of nitrogens with one attached hydrogen (secondary N) is 1. The van der Waals surface area contributed by atoms with Crippen LogP contribution in [0.3, 0.4) is 0 Å². The number of aromatic amines is 1. The third kappa shape index (κ3) is 2.31. The lowest BCUT2D eigenvalue weighted by Gasteiger charge is -2.18. The molecule has 1 aromatic heterocycles. The molecule has 0 amide bonds. The van der Waals surface area contributed by atoms with Gasteiger partial charge in [0, 0.05) is 7.11 Å². The second-order valence-electron chi connectivity index (χ2n) is 3.12. The molecule has 1 N–H and O–H groups in total. The number of hydrogen-bond acceptors (Lipinski definition) is 3. The summed E-state index contributed by atoms with van der Waals surface area (Å²) in [6.45, 7) is 4.21. The van der Waals surface area contributed by atoms with Crippen molar-refractivity contribution in [3.8, 4) is 0 Å². The molecule has 5 nitrogen and oxygen atoms in total. The lowest BCUT2D eigenvalue weighted by atomic mass is 10.4. The van der Waals surface area contributed by atoms with Crippen molar-refractivity contribution < 1.29 is 4.74 Å². The summed E-state index contributed by atoms with van der Waals surface area (Å²) in [7, 11) is 1.57. The van der Waals surface area contributed by atoms with E-state index in [2.05, 4.69) is 32.8 Å². The number of halogens is 1. The SMILES string of the molecule is COCc1n[nH]c(=O)n1C(C)(C)I. The van der Waals surface area contributed by atoms with Crippen molar-refractivity contribution in [3.63, 3.8) is 0 Å². The summed E-state index contributed by atoms with van der Waals surface area (Å²) in [4.78, 5) is 11.3. The highest BCUT2D eigenvalue weighted by atomic mass is 127. The van der Waals surface area contributed by atoms with Crippen molar-refractivity contribution in [2.45, 2.75) is 24.0 Å². The number of aromatic nitrogens is 3. The molecule has 0 saturated heterocycles. The second-order valence-corrected chi connectivity index (χ2v) is 5.76. The molecule has 1 heterocycles. The van der Waals surface area contributed by atoms with Crippen LogP contribution in [0.2, 0.25) is 0 Å². The maximum atomic E-state index is 11.3. The van der Waals surface area contributed by atoms with Crippen LogP contribution in [0.1, 0.15) is 19.7 Å². The summed E-state index contributed by atoms with van der Waals surface area (Å²) in [5, 5.41) is 6.27.